The molecule has 2 saturated heterocycles. The van der Waals surface area contributed by atoms with E-state index in [9.17, 15) is 4.79 Å². The molecule has 1 atom stereocenters. The van der Waals surface area contributed by atoms with Gasteiger partial charge in [-0.15, -0.1) is 24.8 Å². The molecule has 2 aliphatic heterocycles. The van der Waals surface area contributed by atoms with Crippen LogP contribution in [0.5, 0.6) is 0 Å². The van der Waals surface area contributed by atoms with Crippen molar-refractivity contribution in [3.05, 3.63) is 42.5 Å². The molecule has 0 saturated carbocycles. The van der Waals surface area contributed by atoms with Gasteiger partial charge in [0.05, 0.1) is 5.92 Å². The number of halogens is 2. The van der Waals surface area contributed by atoms with Crippen molar-refractivity contribution in [3.8, 4) is 5.69 Å². The van der Waals surface area contributed by atoms with Crippen LogP contribution in [-0.4, -0.2) is 70.6 Å². The third-order valence-corrected chi connectivity index (χ3v) is 6.21. The second kappa shape index (κ2) is 10.5. The molecule has 6 nitrogen and oxygen atoms in total. The van der Waals surface area contributed by atoms with Crippen molar-refractivity contribution in [2.75, 3.05) is 44.2 Å². The zero-order valence-electron chi connectivity index (χ0n) is 18.0. The van der Waals surface area contributed by atoms with Crippen LogP contribution in [0.2, 0.25) is 0 Å². The van der Waals surface area contributed by atoms with E-state index in [-0.39, 0.29) is 30.7 Å². The number of hydrogen-bond acceptors (Lipinski definition) is 4. The lowest BCUT2D eigenvalue weighted by Crippen LogP contribution is -2.52. The number of carbonyl (C=O) groups excluding carboxylic acids is 1. The Labute approximate surface area is 192 Å². The normalized spacial score (nSPS) is 19.5. The highest BCUT2D eigenvalue weighted by Gasteiger charge is 2.33. The summed E-state index contributed by atoms with van der Waals surface area (Å²) in [5.41, 5.74) is 2.31. The van der Waals surface area contributed by atoms with Crippen LogP contribution in [0.25, 0.3) is 5.69 Å². The lowest BCUT2D eigenvalue weighted by molar-refractivity contribution is -0.136. The number of hydrogen-bond donors (Lipinski definition) is 0. The fourth-order valence-corrected chi connectivity index (χ4v) is 4.39. The van der Waals surface area contributed by atoms with E-state index in [1.165, 1.54) is 5.69 Å². The Hall–Kier alpha value is -1.76. The van der Waals surface area contributed by atoms with Crippen molar-refractivity contribution >= 4 is 36.4 Å². The number of aromatic nitrogens is 2. The number of carbonyl (C=O) groups is 1. The fraction of sp³-hybridized carbons (Fsp3) is 0.545. The van der Waals surface area contributed by atoms with Crippen LogP contribution in [0.1, 0.15) is 26.1 Å². The molecular weight excluding hydrogens is 421 g/mol. The molecule has 0 bridgehead atoms. The van der Waals surface area contributed by atoms with Crippen LogP contribution in [0.3, 0.4) is 0 Å². The predicted molar refractivity (Wildman–Crippen MR) is 126 cm³/mol. The monoisotopic (exact) mass is 453 g/mol. The summed E-state index contributed by atoms with van der Waals surface area (Å²) in [5, 5.41) is 0. The number of piperazine rings is 1. The largest absolute Gasteiger partial charge is 0.371 e. The molecule has 4 rings (SSSR count). The molecule has 2 fully saturated rings. The summed E-state index contributed by atoms with van der Waals surface area (Å²) >= 11 is 0. The molecule has 1 amide bonds. The number of anilines is 1. The quantitative estimate of drug-likeness (QED) is 0.711. The summed E-state index contributed by atoms with van der Waals surface area (Å²) in [6, 6.07) is 9.13. The highest BCUT2D eigenvalue weighted by atomic mass is 35.5. The van der Waals surface area contributed by atoms with E-state index >= 15 is 0 Å². The van der Waals surface area contributed by atoms with Gasteiger partial charge in [-0.3, -0.25) is 9.69 Å². The van der Waals surface area contributed by atoms with Crippen LogP contribution in [-0.2, 0) is 4.79 Å². The van der Waals surface area contributed by atoms with Crippen LogP contribution in [0.4, 0.5) is 5.69 Å². The second-order valence-corrected chi connectivity index (χ2v) is 8.25. The molecule has 8 heteroatoms. The Bertz CT molecular complexity index is 815. The average Bonchev–Trinajstić information content (AvgIpc) is 3.37. The van der Waals surface area contributed by atoms with Crippen LogP contribution in [0.15, 0.2) is 36.7 Å². The van der Waals surface area contributed by atoms with Crippen molar-refractivity contribution in [1.82, 2.24) is 19.4 Å². The molecule has 2 aromatic rings. The highest BCUT2D eigenvalue weighted by molar-refractivity contribution is 5.85. The van der Waals surface area contributed by atoms with E-state index in [0.29, 0.717) is 11.9 Å². The lowest BCUT2D eigenvalue weighted by atomic mass is 10.1. The average molecular weight is 454 g/mol. The molecule has 30 heavy (non-hydrogen) atoms. The first-order chi connectivity index (χ1) is 13.5. The number of imidazole rings is 1. The Morgan fingerprint density at radius 2 is 1.63 bits per heavy atom. The number of rotatable bonds is 4. The minimum absolute atomic E-state index is 0. The molecule has 1 aromatic carbocycles. The van der Waals surface area contributed by atoms with Gasteiger partial charge in [-0.2, -0.15) is 0 Å². The topological polar surface area (TPSA) is 44.6 Å². The van der Waals surface area contributed by atoms with Gasteiger partial charge in [-0.1, -0.05) is 0 Å². The van der Waals surface area contributed by atoms with E-state index in [1.54, 1.807) is 0 Å². The van der Waals surface area contributed by atoms with Crippen molar-refractivity contribution < 1.29 is 4.79 Å². The van der Waals surface area contributed by atoms with Gasteiger partial charge in [0.1, 0.15) is 5.82 Å². The molecular formula is C22H33Cl2N5O. The zero-order valence-corrected chi connectivity index (χ0v) is 19.7. The molecule has 0 radical (unpaired) electrons. The first-order valence-electron chi connectivity index (χ1n) is 10.4. The number of nitrogens with zero attached hydrogens (tertiary/aromatic N) is 5. The summed E-state index contributed by atoms with van der Waals surface area (Å²) in [7, 11) is 0. The minimum Gasteiger partial charge on any atom is -0.371 e. The van der Waals surface area contributed by atoms with Crippen molar-refractivity contribution in [1.29, 1.82) is 0 Å². The van der Waals surface area contributed by atoms with Gasteiger partial charge in [0.15, 0.2) is 0 Å². The number of amides is 1. The molecule has 1 unspecified atom stereocenters. The van der Waals surface area contributed by atoms with Crippen LogP contribution >= 0.6 is 24.8 Å². The van der Waals surface area contributed by atoms with Gasteiger partial charge in [-0.05, 0) is 51.5 Å². The molecule has 0 aliphatic carbocycles. The fourth-order valence-electron chi connectivity index (χ4n) is 4.39. The smallest absolute Gasteiger partial charge is 0.227 e. The minimum atomic E-state index is 0. The second-order valence-electron chi connectivity index (χ2n) is 8.25. The molecule has 2 aliphatic rings. The molecule has 166 valence electrons. The Morgan fingerprint density at radius 1 is 1.00 bits per heavy atom. The summed E-state index contributed by atoms with van der Waals surface area (Å²) in [6.07, 6.45) is 4.75. The first kappa shape index (κ1) is 24.5. The predicted octanol–water partition coefficient (Wildman–Crippen LogP) is 3.40. The van der Waals surface area contributed by atoms with Crippen LogP contribution in [0, 0.1) is 12.8 Å². The summed E-state index contributed by atoms with van der Waals surface area (Å²) in [5.74, 6) is 1.45. The Balaban J connectivity index is 0.00000160. The molecule has 0 spiro atoms. The van der Waals surface area contributed by atoms with Gasteiger partial charge in [-0.25, -0.2) is 4.98 Å². The third kappa shape index (κ3) is 5.10. The zero-order chi connectivity index (χ0) is 19.7. The van der Waals surface area contributed by atoms with Gasteiger partial charge >= 0.3 is 0 Å². The Morgan fingerprint density at radius 3 is 2.20 bits per heavy atom. The SMILES string of the molecule is Cc1nccn1-c1ccc(N2CCC(C(=O)N3CCN(C(C)C)CC3)C2)cc1.Cl.Cl. The highest BCUT2D eigenvalue weighted by Crippen LogP contribution is 2.26. The van der Waals surface area contributed by atoms with E-state index in [0.717, 1.165) is 57.2 Å². The maximum atomic E-state index is 13.0. The summed E-state index contributed by atoms with van der Waals surface area (Å²) in [4.78, 5) is 24.1. The van der Waals surface area contributed by atoms with E-state index in [1.807, 2.05) is 19.3 Å². The van der Waals surface area contributed by atoms with E-state index in [2.05, 4.69) is 62.4 Å². The number of aryl methyl sites for hydroxylation is 1. The third-order valence-electron chi connectivity index (χ3n) is 6.21. The number of benzene rings is 1. The van der Waals surface area contributed by atoms with Gasteiger partial charge in [0.2, 0.25) is 5.91 Å². The molecule has 3 heterocycles. The summed E-state index contributed by atoms with van der Waals surface area (Å²) < 4.78 is 2.08. The van der Waals surface area contributed by atoms with Gasteiger partial charge in [0, 0.05) is 69.1 Å². The van der Waals surface area contributed by atoms with Crippen LogP contribution < -0.4 is 4.90 Å². The van der Waals surface area contributed by atoms with Crippen molar-refractivity contribution in [3.63, 3.8) is 0 Å². The van der Waals surface area contributed by atoms with Crippen molar-refractivity contribution in [2.45, 2.75) is 33.2 Å². The maximum Gasteiger partial charge on any atom is 0.227 e. The summed E-state index contributed by atoms with van der Waals surface area (Å²) in [6.45, 7) is 12.0. The van der Waals surface area contributed by atoms with Gasteiger partial charge < -0.3 is 14.4 Å². The van der Waals surface area contributed by atoms with Crippen molar-refractivity contribution in [2.24, 2.45) is 5.92 Å². The lowest BCUT2D eigenvalue weighted by Gasteiger charge is -2.37. The standard InChI is InChI=1S/C22H31N5O.2ClH/c1-17(2)24-12-14-25(15-13-24)22(28)19-8-10-26(16-19)20-4-6-21(7-5-20)27-11-9-23-18(27)3;;/h4-7,9,11,17,19H,8,10,12-16H2,1-3H3;2*1H. The van der Waals surface area contributed by atoms with E-state index < -0.39 is 0 Å². The van der Waals surface area contributed by atoms with Gasteiger partial charge in [0.25, 0.3) is 0 Å². The van der Waals surface area contributed by atoms with E-state index in [4.69, 9.17) is 0 Å². The molecule has 0 N–H and O–H groups in total. The Kier molecular flexibility index (Phi) is 8.59. The maximum absolute atomic E-state index is 13.0. The first-order valence-corrected chi connectivity index (χ1v) is 10.4. The molecule has 1 aromatic heterocycles.